The van der Waals surface area contributed by atoms with Crippen molar-refractivity contribution in [2.75, 3.05) is 65.0 Å². The van der Waals surface area contributed by atoms with Gasteiger partial charge in [-0.15, -0.1) is 0 Å². The van der Waals surface area contributed by atoms with E-state index in [0.717, 1.165) is 36.4 Å². The fourth-order valence-electron chi connectivity index (χ4n) is 4.96. The van der Waals surface area contributed by atoms with E-state index in [-0.39, 0.29) is 11.3 Å². The van der Waals surface area contributed by atoms with E-state index >= 15 is 0 Å². The molecule has 38 heavy (non-hydrogen) atoms. The molecule has 2 saturated heterocycles. The van der Waals surface area contributed by atoms with Gasteiger partial charge in [0.2, 0.25) is 0 Å². The van der Waals surface area contributed by atoms with Gasteiger partial charge in [-0.3, -0.25) is 14.5 Å². The van der Waals surface area contributed by atoms with E-state index in [9.17, 15) is 14.7 Å². The average Bonchev–Trinajstić information content (AvgIpc) is 3.17. The molecule has 0 radical (unpaired) electrons. The van der Waals surface area contributed by atoms with Crippen LogP contribution in [0.25, 0.3) is 5.76 Å². The highest BCUT2D eigenvalue weighted by Gasteiger charge is 2.45. The first kappa shape index (κ1) is 27.4. The summed E-state index contributed by atoms with van der Waals surface area (Å²) in [6.45, 7) is 10.3. The van der Waals surface area contributed by atoms with Gasteiger partial charge in [-0.1, -0.05) is 24.8 Å². The summed E-state index contributed by atoms with van der Waals surface area (Å²) in [6, 6.07) is 12.3. The Morgan fingerprint density at radius 3 is 2.47 bits per heavy atom. The van der Waals surface area contributed by atoms with Gasteiger partial charge >= 0.3 is 0 Å². The number of aliphatic hydroxyl groups is 1. The minimum Gasteiger partial charge on any atom is -0.507 e. The van der Waals surface area contributed by atoms with Crippen LogP contribution in [0.4, 0.5) is 5.69 Å². The number of benzene rings is 2. The molecule has 2 aromatic rings. The van der Waals surface area contributed by atoms with Crippen LogP contribution >= 0.6 is 0 Å². The largest absolute Gasteiger partial charge is 0.507 e. The van der Waals surface area contributed by atoms with Gasteiger partial charge in [0, 0.05) is 51.5 Å². The summed E-state index contributed by atoms with van der Waals surface area (Å²) in [5.41, 5.74) is 3.17. The molecule has 2 heterocycles. The number of Topliss-reactive ketones (excluding diaryl/α,β-unsaturated/α-hetero) is 1. The van der Waals surface area contributed by atoms with Gasteiger partial charge < -0.3 is 24.4 Å². The Labute approximate surface area is 224 Å². The van der Waals surface area contributed by atoms with Crippen LogP contribution in [0, 0.1) is 6.92 Å². The highest BCUT2D eigenvalue weighted by molar-refractivity contribution is 6.46. The van der Waals surface area contributed by atoms with E-state index in [1.54, 1.807) is 29.2 Å². The predicted molar refractivity (Wildman–Crippen MR) is 149 cm³/mol. The number of hydrogen-bond donors (Lipinski definition) is 1. The molecule has 1 unspecified atom stereocenters. The summed E-state index contributed by atoms with van der Waals surface area (Å²) in [6.07, 6.45) is 2.38. The Morgan fingerprint density at radius 2 is 1.84 bits per heavy atom. The molecule has 2 aliphatic heterocycles. The SMILES string of the molecule is C=CCOc1ccc(/C(O)=C2\C(=O)C(=O)N(CCCN3CCOCC3)C2c2ccc(N(C)C)cc2)cc1C. The zero-order chi connectivity index (χ0) is 27.2. The summed E-state index contributed by atoms with van der Waals surface area (Å²) in [5.74, 6) is -0.766. The van der Waals surface area contributed by atoms with Gasteiger partial charge in [0.25, 0.3) is 11.7 Å². The third-order valence-electron chi connectivity index (χ3n) is 7.05. The van der Waals surface area contributed by atoms with E-state index < -0.39 is 17.7 Å². The molecule has 2 aliphatic rings. The smallest absolute Gasteiger partial charge is 0.295 e. The molecule has 8 heteroatoms. The van der Waals surface area contributed by atoms with Crippen LogP contribution in [0.1, 0.15) is 29.2 Å². The van der Waals surface area contributed by atoms with E-state index in [4.69, 9.17) is 9.47 Å². The summed E-state index contributed by atoms with van der Waals surface area (Å²) < 4.78 is 11.1. The van der Waals surface area contributed by atoms with Gasteiger partial charge in [0.15, 0.2) is 0 Å². The molecular weight excluding hydrogens is 482 g/mol. The quantitative estimate of drug-likeness (QED) is 0.221. The van der Waals surface area contributed by atoms with E-state index in [0.29, 0.717) is 44.1 Å². The van der Waals surface area contributed by atoms with Gasteiger partial charge in [0.05, 0.1) is 24.8 Å². The van der Waals surface area contributed by atoms with E-state index in [1.807, 2.05) is 50.2 Å². The van der Waals surface area contributed by atoms with Crippen molar-refractivity contribution < 1.29 is 24.2 Å². The molecule has 2 aromatic carbocycles. The number of ketones is 1. The predicted octanol–water partition coefficient (Wildman–Crippen LogP) is 3.77. The third kappa shape index (κ3) is 5.92. The number of carbonyl (C=O) groups excluding carboxylic acids is 2. The molecule has 202 valence electrons. The number of aliphatic hydroxyl groups excluding tert-OH is 1. The number of aryl methyl sites for hydroxylation is 1. The van der Waals surface area contributed by atoms with Gasteiger partial charge in [-0.25, -0.2) is 0 Å². The normalized spacial score (nSPS) is 19.6. The summed E-state index contributed by atoms with van der Waals surface area (Å²) in [7, 11) is 3.91. The first-order valence-corrected chi connectivity index (χ1v) is 13.0. The number of ether oxygens (including phenoxy) is 2. The number of amides is 1. The standard InChI is InChI=1S/C30H37N3O5/c1-5-17-38-25-12-9-23(20-21(25)2)28(34)26-27(22-7-10-24(11-8-22)31(3)4)33(30(36)29(26)35)14-6-13-32-15-18-37-19-16-32/h5,7-12,20,27,34H,1,6,13-19H2,2-4H3/b28-26+. The zero-order valence-electron chi connectivity index (χ0n) is 22.5. The molecule has 0 saturated carbocycles. The van der Waals surface area contributed by atoms with Crippen molar-refractivity contribution in [3.8, 4) is 5.75 Å². The molecule has 0 aliphatic carbocycles. The van der Waals surface area contributed by atoms with Crippen molar-refractivity contribution in [1.82, 2.24) is 9.80 Å². The Morgan fingerprint density at radius 1 is 1.13 bits per heavy atom. The Balaban J connectivity index is 1.68. The molecule has 0 spiro atoms. The number of morpholine rings is 1. The fraction of sp³-hybridized carbons (Fsp3) is 0.400. The summed E-state index contributed by atoms with van der Waals surface area (Å²) >= 11 is 0. The van der Waals surface area contributed by atoms with Crippen LogP contribution in [-0.2, 0) is 14.3 Å². The molecular formula is C30H37N3O5. The van der Waals surface area contributed by atoms with Crippen LogP contribution < -0.4 is 9.64 Å². The topological polar surface area (TPSA) is 82.5 Å². The van der Waals surface area contributed by atoms with Crippen molar-refractivity contribution in [1.29, 1.82) is 0 Å². The fourth-order valence-corrected chi connectivity index (χ4v) is 4.96. The summed E-state index contributed by atoms with van der Waals surface area (Å²) in [4.78, 5) is 32.6. The third-order valence-corrected chi connectivity index (χ3v) is 7.05. The van der Waals surface area contributed by atoms with Gasteiger partial charge in [0.1, 0.15) is 18.1 Å². The lowest BCUT2D eigenvalue weighted by molar-refractivity contribution is -0.140. The van der Waals surface area contributed by atoms with Gasteiger partial charge in [-0.2, -0.15) is 0 Å². The second-order valence-electron chi connectivity index (χ2n) is 9.87. The van der Waals surface area contributed by atoms with E-state index in [1.165, 1.54) is 0 Å². The minimum absolute atomic E-state index is 0.109. The molecule has 4 rings (SSSR count). The molecule has 2 fully saturated rings. The summed E-state index contributed by atoms with van der Waals surface area (Å²) in [5, 5.41) is 11.4. The lowest BCUT2D eigenvalue weighted by Gasteiger charge is -2.29. The Kier molecular flexibility index (Phi) is 8.86. The first-order chi connectivity index (χ1) is 18.3. The van der Waals surface area contributed by atoms with Crippen LogP contribution in [0.5, 0.6) is 5.75 Å². The molecule has 8 nitrogen and oxygen atoms in total. The molecule has 0 bridgehead atoms. The van der Waals surface area contributed by atoms with Crippen LogP contribution in [0.2, 0.25) is 0 Å². The first-order valence-electron chi connectivity index (χ1n) is 13.0. The monoisotopic (exact) mass is 519 g/mol. The Bertz CT molecular complexity index is 1200. The van der Waals surface area contributed by atoms with Crippen molar-refractivity contribution in [3.05, 3.63) is 77.4 Å². The maximum atomic E-state index is 13.4. The lowest BCUT2D eigenvalue weighted by atomic mass is 9.94. The average molecular weight is 520 g/mol. The maximum Gasteiger partial charge on any atom is 0.295 e. The number of likely N-dealkylation sites (tertiary alicyclic amines) is 1. The molecule has 1 N–H and O–H groups in total. The van der Waals surface area contributed by atoms with E-state index in [2.05, 4.69) is 11.5 Å². The maximum absolute atomic E-state index is 13.4. The van der Waals surface area contributed by atoms with Crippen LogP contribution in [0.3, 0.4) is 0 Å². The Hall–Kier alpha value is -3.62. The molecule has 0 aromatic heterocycles. The lowest BCUT2D eigenvalue weighted by Crippen LogP contribution is -2.38. The van der Waals surface area contributed by atoms with Crippen molar-refractivity contribution in [3.63, 3.8) is 0 Å². The number of anilines is 1. The van der Waals surface area contributed by atoms with Crippen LogP contribution in [0.15, 0.2) is 60.7 Å². The van der Waals surface area contributed by atoms with Crippen molar-refractivity contribution in [2.45, 2.75) is 19.4 Å². The minimum atomic E-state index is -0.673. The highest BCUT2D eigenvalue weighted by atomic mass is 16.5. The number of nitrogens with zero attached hydrogens (tertiary/aromatic N) is 3. The second-order valence-corrected chi connectivity index (χ2v) is 9.87. The number of hydrogen-bond acceptors (Lipinski definition) is 7. The highest BCUT2D eigenvalue weighted by Crippen LogP contribution is 2.40. The molecule has 1 amide bonds. The number of carbonyl (C=O) groups is 2. The zero-order valence-corrected chi connectivity index (χ0v) is 22.5. The molecule has 1 atom stereocenters. The van der Waals surface area contributed by atoms with Crippen LogP contribution in [-0.4, -0.2) is 86.7 Å². The second kappa shape index (κ2) is 12.3. The number of rotatable bonds is 10. The van der Waals surface area contributed by atoms with Gasteiger partial charge in [-0.05, 0) is 54.8 Å². The van der Waals surface area contributed by atoms with Crippen molar-refractivity contribution >= 4 is 23.1 Å². The van der Waals surface area contributed by atoms with Crippen molar-refractivity contribution in [2.24, 2.45) is 0 Å².